The van der Waals surface area contributed by atoms with Gasteiger partial charge in [-0.05, 0) is 30.5 Å². The smallest absolute Gasteiger partial charge is 0.255 e. The second-order valence-corrected chi connectivity index (χ2v) is 8.92. The average Bonchev–Trinajstić information content (AvgIpc) is 3.38. The van der Waals surface area contributed by atoms with Crippen molar-refractivity contribution in [1.29, 1.82) is 0 Å². The Morgan fingerprint density at radius 2 is 2.00 bits per heavy atom. The molecule has 4 rings (SSSR count). The van der Waals surface area contributed by atoms with Crippen molar-refractivity contribution in [2.75, 3.05) is 26.2 Å². The van der Waals surface area contributed by atoms with Crippen molar-refractivity contribution >= 4 is 29.0 Å². The summed E-state index contributed by atoms with van der Waals surface area (Å²) >= 11 is 3.49. The lowest BCUT2D eigenvalue weighted by Gasteiger charge is -2.34. The Bertz CT molecular complexity index is 915. The molecule has 3 aromatic rings. The zero-order chi connectivity index (χ0) is 19.3. The summed E-state index contributed by atoms with van der Waals surface area (Å²) in [5.41, 5.74) is 1.71. The Morgan fingerprint density at radius 3 is 2.71 bits per heavy atom. The maximum Gasteiger partial charge on any atom is 0.255 e. The van der Waals surface area contributed by atoms with Crippen molar-refractivity contribution < 1.29 is 9.32 Å². The van der Waals surface area contributed by atoms with Crippen LogP contribution in [0.5, 0.6) is 0 Å². The molecule has 0 radical (unpaired) electrons. The van der Waals surface area contributed by atoms with Crippen LogP contribution in [0, 0.1) is 6.92 Å². The van der Waals surface area contributed by atoms with Gasteiger partial charge in [0.2, 0.25) is 0 Å². The zero-order valence-electron chi connectivity index (χ0n) is 15.8. The molecule has 1 aromatic carbocycles. The molecule has 0 N–H and O–H groups in total. The Kier molecular flexibility index (Phi) is 6.14. The van der Waals surface area contributed by atoms with Crippen LogP contribution in [0.2, 0.25) is 0 Å². The van der Waals surface area contributed by atoms with Gasteiger partial charge in [0.25, 0.3) is 5.91 Å². The molecule has 146 valence electrons. The summed E-state index contributed by atoms with van der Waals surface area (Å²) in [6.45, 7) is 5.82. The minimum atomic E-state index is 0.129. The molecule has 28 heavy (non-hydrogen) atoms. The SMILES string of the molecule is Cc1cc(CN2CCN(C(=O)c3ccccc3SCc3cccs3)CC2)on1. The van der Waals surface area contributed by atoms with Gasteiger partial charge in [-0.15, -0.1) is 23.1 Å². The van der Waals surface area contributed by atoms with Gasteiger partial charge < -0.3 is 9.42 Å². The Hall–Kier alpha value is -2.09. The van der Waals surface area contributed by atoms with E-state index in [9.17, 15) is 4.79 Å². The lowest BCUT2D eigenvalue weighted by atomic mass is 10.1. The van der Waals surface area contributed by atoms with E-state index in [2.05, 4.69) is 27.6 Å². The lowest BCUT2D eigenvalue weighted by molar-refractivity contribution is 0.0614. The predicted octanol–water partition coefficient (Wildman–Crippen LogP) is 4.29. The van der Waals surface area contributed by atoms with E-state index in [4.69, 9.17) is 4.52 Å². The second-order valence-electron chi connectivity index (χ2n) is 6.87. The van der Waals surface area contributed by atoms with E-state index < -0.39 is 0 Å². The number of aryl methyl sites for hydroxylation is 1. The first-order chi connectivity index (χ1) is 13.7. The maximum absolute atomic E-state index is 13.1. The van der Waals surface area contributed by atoms with Gasteiger partial charge in [0, 0.05) is 47.8 Å². The molecule has 0 saturated carbocycles. The van der Waals surface area contributed by atoms with Crippen molar-refractivity contribution in [3.63, 3.8) is 0 Å². The van der Waals surface area contributed by atoms with E-state index in [1.54, 1.807) is 23.1 Å². The summed E-state index contributed by atoms with van der Waals surface area (Å²) in [4.78, 5) is 19.8. The van der Waals surface area contributed by atoms with Crippen LogP contribution in [0.3, 0.4) is 0 Å². The quantitative estimate of drug-likeness (QED) is 0.564. The molecular weight excluding hydrogens is 390 g/mol. The van der Waals surface area contributed by atoms with Gasteiger partial charge in [0.05, 0.1) is 17.8 Å². The fraction of sp³-hybridized carbons (Fsp3) is 0.333. The first-order valence-electron chi connectivity index (χ1n) is 9.37. The van der Waals surface area contributed by atoms with E-state index in [0.29, 0.717) is 0 Å². The van der Waals surface area contributed by atoms with Crippen molar-refractivity contribution in [3.05, 3.63) is 69.7 Å². The third kappa shape index (κ3) is 4.66. The Labute approximate surface area is 173 Å². The summed E-state index contributed by atoms with van der Waals surface area (Å²) in [6.07, 6.45) is 0. The molecule has 0 atom stereocenters. The third-order valence-corrected chi connectivity index (χ3v) is 6.96. The van der Waals surface area contributed by atoms with E-state index >= 15 is 0 Å². The van der Waals surface area contributed by atoms with Gasteiger partial charge in [0.1, 0.15) is 0 Å². The first-order valence-corrected chi connectivity index (χ1v) is 11.2. The van der Waals surface area contributed by atoms with Crippen molar-refractivity contribution in [2.45, 2.75) is 24.1 Å². The highest BCUT2D eigenvalue weighted by Crippen LogP contribution is 2.29. The summed E-state index contributed by atoms with van der Waals surface area (Å²) < 4.78 is 5.31. The van der Waals surface area contributed by atoms with Crippen LogP contribution in [-0.4, -0.2) is 47.0 Å². The average molecular weight is 414 g/mol. The van der Waals surface area contributed by atoms with Gasteiger partial charge in [-0.25, -0.2) is 0 Å². The number of rotatable bonds is 6. The number of hydrogen-bond acceptors (Lipinski definition) is 6. The summed E-state index contributed by atoms with van der Waals surface area (Å²) in [5.74, 6) is 1.91. The topological polar surface area (TPSA) is 49.6 Å². The normalized spacial score (nSPS) is 15.1. The number of carbonyl (C=O) groups is 1. The number of carbonyl (C=O) groups excluding carboxylic acids is 1. The Morgan fingerprint density at radius 1 is 1.18 bits per heavy atom. The van der Waals surface area contributed by atoms with E-state index in [0.717, 1.165) is 60.4 Å². The highest BCUT2D eigenvalue weighted by molar-refractivity contribution is 7.98. The van der Waals surface area contributed by atoms with E-state index in [1.807, 2.05) is 42.2 Å². The number of piperazine rings is 1. The molecule has 1 amide bonds. The third-order valence-electron chi connectivity index (χ3n) is 4.78. The van der Waals surface area contributed by atoms with Gasteiger partial charge >= 0.3 is 0 Å². The standard InChI is InChI=1S/C21H23N3O2S2/c1-16-13-17(26-22-16)14-23-8-10-24(11-9-23)21(25)19-6-2-3-7-20(19)28-15-18-5-4-12-27-18/h2-7,12-13H,8-11,14-15H2,1H3. The van der Waals surface area contributed by atoms with Crippen LogP contribution in [0.4, 0.5) is 0 Å². The molecule has 1 saturated heterocycles. The molecule has 3 heterocycles. The fourth-order valence-corrected chi connectivity index (χ4v) is 5.12. The zero-order valence-corrected chi connectivity index (χ0v) is 17.5. The molecule has 0 aliphatic carbocycles. The largest absolute Gasteiger partial charge is 0.360 e. The van der Waals surface area contributed by atoms with E-state index in [1.165, 1.54) is 4.88 Å². The van der Waals surface area contributed by atoms with Crippen molar-refractivity contribution in [1.82, 2.24) is 15.0 Å². The fourth-order valence-electron chi connectivity index (χ4n) is 3.30. The minimum absolute atomic E-state index is 0.129. The molecule has 1 aliphatic rings. The van der Waals surface area contributed by atoms with Crippen LogP contribution < -0.4 is 0 Å². The van der Waals surface area contributed by atoms with E-state index in [-0.39, 0.29) is 5.91 Å². The highest BCUT2D eigenvalue weighted by atomic mass is 32.2. The van der Waals surface area contributed by atoms with Crippen LogP contribution in [0.25, 0.3) is 0 Å². The predicted molar refractivity (Wildman–Crippen MR) is 113 cm³/mol. The summed E-state index contributed by atoms with van der Waals surface area (Å²) in [5, 5.41) is 6.03. The van der Waals surface area contributed by atoms with Gasteiger partial charge in [-0.1, -0.05) is 23.4 Å². The Balaban J connectivity index is 1.36. The number of thiophene rings is 1. The summed E-state index contributed by atoms with van der Waals surface area (Å²) in [6, 6.07) is 14.1. The number of aromatic nitrogens is 1. The number of nitrogens with zero attached hydrogens (tertiary/aromatic N) is 3. The monoisotopic (exact) mass is 413 g/mol. The van der Waals surface area contributed by atoms with Crippen LogP contribution in [0.1, 0.15) is 26.7 Å². The molecule has 1 aliphatic heterocycles. The van der Waals surface area contributed by atoms with Crippen molar-refractivity contribution in [3.8, 4) is 0 Å². The number of hydrogen-bond donors (Lipinski definition) is 0. The maximum atomic E-state index is 13.1. The van der Waals surface area contributed by atoms with Gasteiger partial charge in [-0.2, -0.15) is 0 Å². The molecule has 7 heteroatoms. The lowest BCUT2D eigenvalue weighted by Crippen LogP contribution is -2.48. The van der Waals surface area contributed by atoms with Gasteiger partial charge in [-0.3, -0.25) is 9.69 Å². The number of thioether (sulfide) groups is 1. The molecule has 5 nitrogen and oxygen atoms in total. The van der Waals surface area contributed by atoms with Crippen LogP contribution in [0.15, 0.2) is 57.3 Å². The minimum Gasteiger partial charge on any atom is -0.360 e. The molecule has 0 bridgehead atoms. The highest BCUT2D eigenvalue weighted by Gasteiger charge is 2.24. The van der Waals surface area contributed by atoms with Gasteiger partial charge in [0.15, 0.2) is 5.76 Å². The number of benzene rings is 1. The van der Waals surface area contributed by atoms with Crippen molar-refractivity contribution in [2.24, 2.45) is 0 Å². The molecule has 2 aromatic heterocycles. The molecule has 0 spiro atoms. The summed E-state index contributed by atoms with van der Waals surface area (Å²) in [7, 11) is 0. The van der Waals surface area contributed by atoms with Crippen LogP contribution in [-0.2, 0) is 12.3 Å². The number of amides is 1. The molecule has 0 unspecified atom stereocenters. The second kappa shape index (κ2) is 8.94. The molecule has 1 fully saturated rings. The first kappa shape index (κ1) is 19.2. The molecular formula is C21H23N3O2S2. The van der Waals surface area contributed by atoms with Crippen LogP contribution >= 0.6 is 23.1 Å².